The van der Waals surface area contributed by atoms with Gasteiger partial charge in [-0.3, -0.25) is 9.69 Å². The van der Waals surface area contributed by atoms with E-state index in [9.17, 15) is 9.59 Å². The van der Waals surface area contributed by atoms with Crippen LogP contribution < -0.4 is 10.2 Å². The molecule has 16 heavy (non-hydrogen) atoms. The highest BCUT2D eigenvalue weighted by Gasteiger charge is 2.27. The van der Waals surface area contributed by atoms with E-state index in [1.807, 2.05) is 18.2 Å². The lowest BCUT2D eigenvalue weighted by Gasteiger charge is -2.31. The van der Waals surface area contributed by atoms with E-state index in [0.717, 1.165) is 5.69 Å². The first-order valence-electron chi connectivity index (χ1n) is 4.97. The predicted octanol–water partition coefficient (Wildman–Crippen LogP) is 1.13. The average molecular weight is 219 g/mol. The number of benzene rings is 1. The Kier molecular flexibility index (Phi) is 2.52. The van der Waals surface area contributed by atoms with Gasteiger partial charge in [-0.2, -0.15) is 0 Å². The minimum absolute atomic E-state index is 0.0635. The van der Waals surface area contributed by atoms with Crippen molar-refractivity contribution in [2.75, 3.05) is 30.9 Å². The molecule has 0 spiro atoms. The number of hydrogen-bond acceptors (Lipinski definition) is 2. The normalized spacial score (nSPS) is 14.1. The zero-order chi connectivity index (χ0) is 11.7. The van der Waals surface area contributed by atoms with Gasteiger partial charge in [-0.05, 0) is 12.1 Å². The average Bonchev–Trinajstić information content (AvgIpc) is 2.26. The van der Waals surface area contributed by atoms with Crippen LogP contribution in [-0.2, 0) is 4.79 Å². The van der Waals surface area contributed by atoms with Crippen LogP contribution in [0.4, 0.5) is 16.2 Å². The van der Waals surface area contributed by atoms with Crippen molar-refractivity contribution in [2.24, 2.45) is 0 Å². The number of fused-ring (bicyclic) bond motifs is 1. The van der Waals surface area contributed by atoms with Crippen molar-refractivity contribution in [3.05, 3.63) is 24.3 Å². The van der Waals surface area contributed by atoms with E-state index < -0.39 is 0 Å². The Morgan fingerprint density at radius 3 is 2.75 bits per heavy atom. The largest absolute Gasteiger partial charge is 0.330 e. The van der Waals surface area contributed by atoms with Crippen molar-refractivity contribution in [3.63, 3.8) is 0 Å². The second kappa shape index (κ2) is 3.84. The molecule has 1 aromatic carbocycles. The quantitative estimate of drug-likeness (QED) is 0.711. The van der Waals surface area contributed by atoms with E-state index in [2.05, 4.69) is 5.32 Å². The van der Waals surface area contributed by atoms with Crippen LogP contribution in [0.5, 0.6) is 0 Å². The van der Waals surface area contributed by atoms with Gasteiger partial charge in [0, 0.05) is 14.1 Å². The van der Waals surface area contributed by atoms with E-state index in [-0.39, 0.29) is 18.5 Å². The number of nitrogens with one attached hydrogen (secondary N) is 1. The highest BCUT2D eigenvalue weighted by molar-refractivity contribution is 6.09. The zero-order valence-electron chi connectivity index (χ0n) is 9.23. The molecule has 1 aliphatic heterocycles. The molecule has 0 atom stereocenters. The van der Waals surface area contributed by atoms with Gasteiger partial charge < -0.3 is 10.2 Å². The lowest BCUT2D eigenvalue weighted by atomic mass is 10.2. The number of carbonyl (C=O) groups excluding carboxylic acids is 2. The Hall–Kier alpha value is -2.04. The summed E-state index contributed by atoms with van der Waals surface area (Å²) in [6.45, 7) is 0.0635. The molecule has 5 heteroatoms. The highest BCUT2D eigenvalue weighted by Crippen LogP contribution is 2.29. The van der Waals surface area contributed by atoms with Crippen LogP contribution in [0.2, 0.25) is 0 Å². The fraction of sp³-hybridized carbons (Fsp3) is 0.273. The molecular formula is C11H13N3O2. The third-order valence-corrected chi connectivity index (χ3v) is 2.38. The Bertz CT molecular complexity index is 443. The molecule has 0 unspecified atom stereocenters. The molecular weight excluding hydrogens is 206 g/mol. The molecule has 1 aromatic rings. The number of urea groups is 1. The summed E-state index contributed by atoms with van der Waals surface area (Å²) >= 11 is 0. The van der Waals surface area contributed by atoms with E-state index in [1.54, 1.807) is 20.2 Å². The monoisotopic (exact) mass is 219 g/mol. The van der Waals surface area contributed by atoms with E-state index in [1.165, 1.54) is 9.80 Å². The minimum atomic E-state index is -0.192. The van der Waals surface area contributed by atoms with Gasteiger partial charge in [-0.1, -0.05) is 12.1 Å². The molecule has 0 fully saturated rings. The van der Waals surface area contributed by atoms with Gasteiger partial charge in [-0.25, -0.2) is 4.79 Å². The first-order valence-corrected chi connectivity index (χ1v) is 4.97. The van der Waals surface area contributed by atoms with Crippen LogP contribution in [0.25, 0.3) is 0 Å². The van der Waals surface area contributed by atoms with Gasteiger partial charge in [0.1, 0.15) is 6.54 Å². The van der Waals surface area contributed by atoms with Crippen LogP contribution in [0, 0.1) is 0 Å². The van der Waals surface area contributed by atoms with Crippen molar-refractivity contribution in [1.29, 1.82) is 0 Å². The maximum absolute atomic E-state index is 11.9. The molecule has 1 heterocycles. The standard InChI is InChI=1S/C11H13N3O2/c1-13(2)11(16)14-7-10(15)12-8-5-3-4-6-9(8)14/h3-6H,7H2,1-2H3,(H,12,15). The molecule has 1 aliphatic rings. The molecule has 0 saturated carbocycles. The second-order valence-electron chi connectivity index (χ2n) is 3.83. The Morgan fingerprint density at radius 1 is 1.38 bits per heavy atom. The van der Waals surface area contributed by atoms with Crippen molar-refractivity contribution < 1.29 is 9.59 Å². The number of carbonyl (C=O) groups is 2. The lowest BCUT2D eigenvalue weighted by Crippen LogP contribution is -2.46. The summed E-state index contributed by atoms with van der Waals surface area (Å²) in [5.74, 6) is -0.172. The maximum atomic E-state index is 11.9. The lowest BCUT2D eigenvalue weighted by molar-refractivity contribution is -0.115. The molecule has 5 nitrogen and oxygen atoms in total. The molecule has 0 saturated heterocycles. The summed E-state index contributed by atoms with van der Waals surface area (Å²) in [7, 11) is 3.33. The van der Waals surface area contributed by atoms with Crippen LogP contribution in [0.15, 0.2) is 24.3 Å². The minimum Gasteiger partial charge on any atom is -0.330 e. The fourth-order valence-corrected chi connectivity index (χ4v) is 1.65. The van der Waals surface area contributed by atoms with Crippen molar-refractivity contribution in [2.45, 2.75) is 0 Å². The predicted molar refractivity (Wildman–Crippen MR) is 61.5 cm³/mol. The summed E-state index contributed by atoms with van der Waals surface area (Å²) in [5.41, 5.74) is 1.41. The maximum Gasteiger partial charge on any atom is 0.324 e. The van der Waals surface area contributed by atoms with Crippen molar-refractivity contribution >= 4 is 23.3 Å². The number of amides is 3. The summed E-state index contributed by atoms with van der Waals surface area (Å²) in [6, 6.07) is 7.07. The fourth-order valence-electron chi connectivity index (χ4n) is 1.65. The molecule has 2 rings (SSSR count). The van der Waals surface area contributed by atoms with Crippen LogP contribution >= 0.6 is 0 Å². The van der Waals surface area contributed by atoms with E-state index in [0.29, 0.717) is 5.69 Å². The van der Waals surface area contributed by atoms with E-state index in [4.69, 9.17) is 0 Å². The smallest absolute Gasteiger partial charge is 0.324 e. The summed E-state index contributed by atoms with van der Waals surface area (Å²) < 4.78 is 0. The SMILES string of the molecule is CN(C)C(=O)N1CC(=O)Nc2ccccc21. The number of para-hydroxylation sites is 2. The number of nitrogens with zero attached hydrogens (tertiary/aromatic N) is 2. The van der Waals surface area contributed by atoms with Gasteiger partial charge >= 0.3 is 6.03 Å². The number of rotatable bonds is 0. The Morgan fingerprint density at radius 2 is 2.06 bits per heavy atom. The summed E-state index contributed by atoms with van der Waals surface area (Å²) in [5, 5.41) is 2.73. The first kappa shape index (κ1) is 10.5. The second-order valence-corrected chi connectivity index (χ2v) is 3.83. The molecule has 3 amide bonds. The molecule has 0 aromatic heterocycles. The number of anilines is 2. The van der Waals surface area contributed by atoms with Crippen LogP contribution in [0.3, 0.4) is 0 Å². The van der Waals surface area contributed by atoms with Gasteiger partial charge in [0.2, 0.25) is 5.91 Å². The van der Waals surface area contributed by atoms with Gasteiger partial charge in [-0.15, -0.1) is 0 Å². The highest BCUT2D eigenvalue weighted by atomic mass is 16.2. The number of hydrogen-bond donors (Lipinski definition) is 1. The topological polar surface area (TPSA) is 52.7 Å². The molecule has 1 N–H and O–H groups in total. The Labute approximate surface area is 93.6 Å². The van der Waals surface area contributed by atoms with Crippen LogP contribution in [-0.4, -0.2) is 37.5 Å². The van der Waals surface area contributed by atoms with Crippen molar-refractivity contribution in [3.8, 4) is 0 Å². The van der Waals surface area contributed by atoms with Crippen molar-refractivity contribution in [1.82, 2.24) is 4.90 Å². The molecule has 0 bridgehead atoms. The molecule has 0 radical (unpaired) electrons. The van der Waals surface area contributed by atoms with Crippen LogP contribution in [0.1, 0.15) is 0 Å². The third kappa shape index (κ3) is 1.71. The molecule has 0 aliphatic carbocycles. The van der Waals surface area contributed by atoms with Gasteiger partial charge in [0.05, 0.1) is 11.4 Å². The summed E-state index contributed by atoms with van der Waals surface area (Å²) in [4.78, 5) is 26.2. The Balaban J connectivity index is 2.41. The molecule has 84 valence electrons. The third-order valence-electron chi connectivity index (χ3n) is 2.38. The zero-order valence-corrected chi connectivity index (χ0v) is 9.23. The van der Waals surface area contributed by atoms with Gasteiger partial charge in [0.25, 0.3) is 0 Å². The van der Waals surface area contributed by atoms with E-state index >= 15 is 0 Å². The summed E-state index contributed by atoms with van der Waals surface area (Å²) in [6.07, 6.45) is 0. The first-order chi connectivity index (χ1) is 7.59. The van der Waals surface area contributed by atoms with Gasteiger partial charge in [0.15, 0.2) is 0 Å².